The fourth-order valence-electron chi connectivity index (χ4n) is 2.99. The molecule has 0 unspecified atom stereocenters. The highest BCUT2D eigenvalue weighted by atomic mass is 127. The van der Waals surface area contributed by atoms with Crippen molar-refractivity contribution in [3.63, 3.8) is 0 Å². The summed E-state index contributed by atoms with van der Waals surface area (Å²) in [6.07, 6.45) is 1.76. The molecule has 8 heteroatoms. The Morgan fingerprint density at radius 2 is 2.04 bits per heavy atom. The Bertz CT molecular complexity index is 702. The maximum Gasteiger partial charge on any atom is 0.218 e. The van der Waals surface area contributed by atoms with E-state index in [1.165, 1.54) is 5.00 Å². The van der Waals surface area contributed by atoms with Gasteiger partial charge in [-0.25, -0.2) is 9.98 Å². The first-order valence-electron chi connectivity index (χ1n) is 9.20. The molecule has 3 heterocycles. The minimum atomic E-state index is 0. The van der Waals surface area contributed by atoms with Gasteiger partial charge in [-0.2, -0.15) is 0 Å². The summed E-state index contributed by atoms with van der Waals surface area (Å²) in [7, 11) is 0. The average molecular weight is 501 g/mol. The van der Waals surface area contributed by atoms with E-state index in [0.717, 1.165) is 44.2 Å². The highest BCUT2D eigenvalue weighted by Gasteiger charge is 2.20. The lowest BCUT2D eigenvalue weighted by molar-refractivity contribution is 0.323. The van der Waals surface area contributed by atoms with Gasteiger partial charge in [-0.15, -0.1) is 35.3 Å². The van der Waals surface area contributed by atoms with Crippen molar-refractivity contribution in [3.8, 4) is 5.88 Å². The van der Waals surface area contributed by atoms with Crippen LogP contribution in [0.1, 0.15) is 19.4 Å². The summed E-state index contributed by atoms with van der Waals surface area (Å²) < 4.78 is 5.61. The molecular weight excluding hydrogens is 473 g/mol. The van der Waals surface area contributed by atoms with Crippen molar-refractivity contribution in [3.05, 3.63) is 41.4 Å². The third-order valence-corrected chi connectivity index (χ3v) is 5.19. The van der Waals surface area contributed by atoms with Crippen LogP contribution in [0.3, 0.4) is 0 Å². The highest BCUT2D eigenvalue weighted by Crippen LogP contribution is 2.22. The molecule has 0 atom stereocenters. The number of nitrogens with one attached hydrogen (secondary N) is 1. The molecule has 1 fully saturated rings. The third-order valence-electron chi connectivity index (χ3n) is 4.26. The summed E-state index contributed by atoms with van der Waals surface area (Å²) in [5.74, 6) is 1.64. The molecule has 6 nitrogen and oxygen atoms in total. The zero-order chi connectivity index (χ0) is 18.2. The lowest BCUT2D eigenvalue weighted by Crippen LogP contribution is -2.52. The van der Waals surface area contributed by atoms with Gasteiger partial charge < -0.3 is 19.9 Å². The number of aliphatic imine (C=N–C) groups is 1. The quantitative estimate of drug-likeness (QED) is 0.374. The zero-order valence-electron chi connectivity index (χ0n) is 15.9. The number of aromatic nitrogens is 1. The van der Waals surface area contributed by atoms with E-state index in [0.29, 0.717) is 19.0 Å². The predicted octanol–water partition coefficient (Wildman–Crippen LogP) is 3.45. The fraction of sp³-hybridized carbons (Fsp3) is 0.474. The van der Waals surface area contributed by atoms with Gasteiger partial charge in [0.25, 0.3) is 0 Å². The molecule has 0 amide bonds. The van der Waals surface area contributed by atoms with Gasteiger partial charge >= 0.3 is 0 Å². The Kier molecular flexibility index (Phi) is 9.12. The second kappa shape index (κ2) is 11.3. The molecule has 3 rings (SSSR count). The van der Waals surface area contributed by atoms with Gasteiger partial charge in [-0.3, -0.25) is 0 Å². The van der Waals surface area contributed by atoms with Crippen LogP contribution in [-0.4, -0.2) is 55.2 Å². The first-order chi connectivity index (χ1) is 12.8. The molecular formula is C19H28IN5OS. The number of ether oxygens (including phenoxy) is 1. The highest BCUT2D eigenvalue weighted by molar-refractivity contribution is 14.0. The van der Waals surface area contributed by atoms with Crippen molar-refractivity contribution >= 4 is 46.3 Å². The summed E-state index contributed by atoms with van der Waals surface area (Å²) in [4.78, 5) is 13.9. The van der Waals surface area contributed by atoms with E-state index in [4.69, 9.17) is 9.73 Å². The summed E-state index contributed by atoms with van der Waals surface area (Å²) in [5.41, 5.74) is 1.02. The molecule has 2 aromatic heterocycles. The van der Waals surface area contributed by atoms with E-state index >= 15 is 0 Å². The Balaban J connectivity index is 0.00000261. The summed E-state index contributed by atoms with van der Waals surface area (Å²) in [5, 5.41) is 6.91. The predicted molar refractivity (Wildman–Crippen MR) is 124 cm³/mol. The molecule has 148 valence electrons. The van der Waals surface area contributed by atoms with Crippen LogP contribution in [0.4, 0.5) is 5.00 Å². The second-order valence-electron chi connectivity index (χ2n) is 6.00. The smallest absolute Gasteiger partial charge is 0.218 e. The van der Waals surface area contributed by atoms with Crippen LogP contribution in [0.15, 0.2) is 40.8 Å². The molecule has 0 aliphatic carbocycles. The normalized spacial score (nSPS) is 14.7. The Morgan fingerprint density at radius 3 is 2.70 bits per heavy atom. The van der Waals surface area contributed by atoms with Gasteiger partial charge in [0, 0.05) is 44.5 Å². The number of hydrogen-bond acceptors (Lipinski definition) is 5. The Labute approximate surface area is 182 Å². The van der Waals surface area contributed by atoms with Crippen LogP contribution >= 0.6 is 35.3 Å². The van der Waals surface area contributed by atoms with Gasteiger partial charge in [-0.05, 0) is 37.4 Å². The van der Waals surface area contributed by atoms with E-state index in [2.05, 4.69) is 44.5 Å². The van der Waals surface area contributed by atoms with Gasteiger partial charge in [0.15, 0.2) is 5.96 Å². The number of anilines is 1. The SMILES string of the molecule is CCNC(=NCc1cccnc1OCC)N1CCN(c2cccs2)CC1.I. The number of pyridine rings is 1. The summed E-state index contributed by atoms with van der Waals surface area (Å²) in [6.45, 7) is 10.1. The number of rotatable bonds is 6. The first-order valence-corrected chi connectivity index (χ1v) is 10.1. The van der Waals surface area contributed by atoms with Crippen molar-refractivity contribution in [1.82, 2.24) is 15.2 Å². The number of piperazine rings is 1. The van der Waals surface area contributed by atoms with Crippen molar-refractivity contribution in [2.75, 3.05) is 44.2 Å². The number of guanidine groups is 1. The van der Waals surface area contributed by atoms with Crippen LogP contribution in [0.25, 0.3) is 0 Å². The van der Waals surface area contributed by atoms with E-state index in [9.17, 15) is 0 Å². The van der Waals surface area contributed by atoms with Crippen LogP contribution in [0, 0.1) is 0 Å². The number of halogens is 1. The maximum absolute atomic E-state index is 5.61. The monoisotopic (exact) mass is 501 g/mol. The van der Waals surface area contributed by atoms with Crippen LogP contribution in [0.5, 0.6) is 5.88 Å². The zero-order valence-corrected chi connectivity index (χ0v) is 19.1. The summed E-state index contributed by atoms with van der Waals surface area (Å²) in [6, 6.07) is 8.26. The molecule has 0 radical (unpaired) electrons. The molecule has 0 spiro atoms. The molecule has 1 N–H and O–H groups in total. The van der Waals surface area contributed by atoms with Crippen molar-refractivity contribution in [2.24, 2.45) is 4.99 Å². The lowest BCUT2D eigenvalue weighted by Gasteiger charge is -2.37. The Hall–Kier alpha value is -1.55. The van der Waals surface area contributed by atoms with Crippen LogP contribution < -0.4 is 15.0 Å². The van der Waals surface area contributed by atoms with Gasteiger partial charge in [0.05, 0.1) is 18.2 Å². The summed E-state index contributed by atoms with van der Waals surface area (Å²) >= 11 is 1.80. The topological polar surface area (TPSA) is 53.0 Å². The molecule has 0 aromatic carbocycles. The molecule has 27 heavy (non-hydrogen) atoms. The average Bonchev–Trinajstić information content (AvgIpc) is 3.21. The number of thiophene rings is 1. The fourth-order valence-corrected chi connectivity index (χ4v) is 3.77. The van der Waals surface area contributed by atoms with Crippen molar-refractivity contribution in [1.29, 1.82) is 0 Å². The standard InChI is InChI=1S/C19H27N5OS.HI/c1-3-20-19(22-15-16-7-5-9-21-18(16)25-4-2)24-12-10-23(11-13-24)17-8-6-14-26-17;/h5-9,14H,3-4,10-13,15H2,1-2H3,(H,20,22);1H. The minimum absolute atomic E-state index is 0. The van der Waals surface area contributed by atoms with E-state index in [1.807, 2.05) is 19.1 Å². The second-order valence-corrected chi connectivity index (χ2v) is 6.92. The molecule has 0 bridgehead atoms. The lowest BCUT2D eigenvalue weighted by atomic mass is 10.3. The van der Waals surface area contributed by atoms with E-state index in [-0.39, 0.29) is 24.0 Å². The molecule has 2 aromatic rings. The van der Waals surface area contributed by atoms with Crippen molar-refractivity contribution in [2.45, 2.75) is 20.4 Å². The Morgan fingerprint density at radius 1 is 1.22 bits per heavy atom. The largest absolute Gasteiger partial charge is 0.478 e. The van der Waals surface area contributed by atoms with Gasteiger partial charge in [0.2, 0.25) is 5.88 Å². The number of nitrogens with zero attached hydrogens (tertiary/aromatic N) is 4. The third kappa shape index (κ3) is 5.97. The molecule has 1 aliphatic heterocycles. The first kappa shape index (κ1) is 21.7. The molecule has 1 aliphatic rings. The van der Waals surface area contributed by atoms with Crippen LogP contribution in [-0.2, 0) is 6.54 Å². The van der Waals surface area contributed by atoms with Crippen LogP contribution in [0.2, 0.25) is 0 Å². The van der Waals surface area contributed by atoms with Gasteiger partial charge in [0.1, 0.15) is 0 Å². The molecule has 1 saturated heterocycles. The van der Waals surface area contributed by atoms with E-state index < -0.39 is 0 Å². The number of hydrogen-bond donors (Lipinski definition) is 1. The minimum Gasteiger partial charge on any atom is -0.478 e. The van der Waals surface area contributed by atoms with Gasteiger partial charge in [-0.1, -0.05) is 6.07 Å². The van der Waals surface area contributed by atoms with E-state index in [1.54, 1.807) is 17.5 Å². The maximum atomic E-state index is 5.61. The molecule has 0 saturated carbocycles. The van der Waals surface area contributed by atoms with Crippen molar-refractivity contribution < 1.29 is 4.74 Å².